The van der Waals surface area contributed by atoms with Crippen molar-refractivity contribution in [2.24, 2.45) is 11.1 Å². The molecule has 0 aliphatic carbocycles. The fourth-order valence-corrected chi connectivity index (χ4v) is 1.30. The van der Waals surface area contributed by atoms with Gasteiger partial charge in [0.2, 0.25) is 0 Å². The first-order valence-electron chi connectivity index (χ1n) is 5.04. The maximum atomic E-state index is 12.0. The predicted octanol–water partition coefficient (Wildman–Crippen LogP) is 1.65. The average Bonchev–Trinajstić information content (AvgIpc) is 2.12. The second-order valence-electron chi connectivity index (χ2n) is 4.28. The summed E-state index contributed by atoms with van der Waals surface area (Å²) in [6.07, 6.45) is 0.633. The molecule has 0 unspecified atom stereocenters. The topological polar surface area (TPSA) is 29.3 Å². The van der Waals surface area contributed by atoms with Gasteiger partial charge in [0, 0.05) is 13.1 Å². The average molecular weight is 190 g/mol. The van der Waals surface area contributed by atoms with E-state index in [-0.39, 0.29) is 12.1 Å². The molecule has 0 aromatic carbocycles. The first-order chi connectivity index (χ1) is 6.05. The Morgan fingerprint density at radius 2 is 2.00 bits per heavy atom. The molecule has 0 fully saturated rings. The van der Waals surface area contributed by atoms with Crippen LogP contribution in [-0.4, -0.2) is 37.8 Å². The van der Waals surface area contributed by atoms with Gasteiger partial charge in [-0.1, -0.05) is 20.8 Å². The van der Waals surface area contributed by atoms with Crippen molar-refractivity contribution in [1.29, 1.82) is 0 Å². The molecule has 0 aromatic rings. The molecule has 0 saturated heterocycles. The molecule has 0 saturated carbocycles. The molecule has 13 heavy (non-hydrogen) atoms. The Balaban J connectivity index is 3.82. The normalized spacial score (nSPS) is 12.5. The summed E-state index contributed by atoms with van der Waals surface area (Å²) in [7, 11) is 0. The van der Waals surface area contributed by atoms with Crippen molar-refractivity contribution in [1.82, 2.24) is 4.90 Å². The van der Waals surface area contributed by atoms with E-state index >= 15 is 0 Å². The summed E-state index contributed by atoms with van der Waals surface area (Å²) in [5.41, 5.74) is 5.78. The minimum Gasteiger partial charge on any atom is -0.330 e. The largest absolute Gasteiger partial charge is 0.330 e. The second-order valence-corrected chi connectivity index (χ2v) is 4.28. The number of rotatable bonds is 7. The Labute approximate surface area is 81.3 Å². The smallest absolute Gasteiger partial charge is 0.0906 e. The molecule has 0 atom stereocenters. The minimum absolute atomic E-state index is 0.145. The number of alkyl halides is 1. The van der Waals surface area contributed by atoms with Crippen LogP contribution in [0.1, 0.15) is 27.2 Å². The third-order valence-electron chi connectivity index (χ3n) is 2.26. The van der Waals surface area contributed by atoms with Crippen molar-refractivity contribution < 1.29 is 4.39 Å². The molecule has 0 aliphatic heterocycles. The number of hydrogen-bond donors (Lipinski definition) is 1. The van der Waals surface area contributed by atoms with Crippen molar-refractivity contribution in [3.8, 4) is 0 Å². The van der Waals surface area contributed by atoms with Crippen LogP contribution in [0.25, 0.3) is 0 Å². The van der Waals surface area contributed by atoms with Gasteiger partial charge in [-0.3, -0.25) is 4.39 Å². The number of halogens is 1. The van der Waals surface area contributed by atoms with E-state index in [1.807, 2.05) is 0 Å². The SMILES string of the molecule is CCN(CCCF)CC(C)(C)CN. The van der Waals surface area contributed by atoms with Gasteiger partial charge < -0.3 is 10.6 Å². The maximum Gasteiger partial charge on any atom is 0.0906 e. The van der Waals surface area contributed by atoms with E-state index in [9.17, 15) is 4.39 Å². The lowest BCUT2D eigenvalue weighted by Crippen LogP contribution is -2.39. The molecule has 0 spiro atoms. The number of nitrogens with zero attached hydrogens (tertiary/aromatic N) is 1. The minimum atomic E-state index is -0.223. The van der Waals surface area contributed by atoms with Gasteiger partial charge in [-0.15, -0.1) is 0 Å². The van der Waals surface area contributed by atoms with E-state index in [1.54, 1.807) is 0 Å². The van der Waals surface area contributed by atoms with E-state index in [4.69, 9.17) is 5.73 Å². The quantitative estimate of drug-likeness (QED) is 0.661. The third kappa shape index (κ3) is 5.99. The Morgan fingerprint density at radius 1 is 1.38 bits per heavy atom. The Hall–Kier alpha value is -0.150. The van der Waals surface area contributed by atoms with E-state index in [2.05, 4.69) is 25.7 Å². The van der Waals surface area contributed by atoms with Gasteiger partial charge in [0.15, 0.2) is 0 Å². The summed E-state index contributed by atoms with van der Waals surface area (Å²) < 4.78 is 12.0. The lowest BCUT2D eigenvalue weighted by Gasteiger charge is -2.30. The number of nitrogens with two attached hydrogens (primary N) is 1. The molecule has 0 amide bonds. The summed E-state index contributed by atoms with van der Waals surface area (Å²) in [6.45, 7) is 9.62. The maximum absolute atomic E-state index is 12.0. The molecular weight excluding hydrogens is 167 g/mol. The predicted molar refractivity (Wildman–Crippen MR) is 55.5 cm³/mol. The van der Waals surface area contributed by atoms with Crippen LogP contribution in [0.5, 0.6) is 0 Å². The molecule has 0 radical (unpaired) electrons. The highest BCUT2D eigenvalue weighted by Crippen LogP contribution is 2.14. The highest BCUT2D eigenvalue weighted by Gasteiger charge is 2.18. The fourth-order valence-electron chi connectivity index (χ4n) is 1.30. The van der Waals surface area contributed by atoms with Crippen molar-refractivity contribution in [3.05, 3.63) is 0 Å². The zero-order valence-electron chi connectivity index (χ0n) is 9.15. The van der Waals surface area contributed by atoms with Crippen LogP contribution in [0.4, 0.5) is 4.39 Å². The van der Waals surface area contributed by atoms with Gasteiger partial charge in [0.05, 0.1) is 6.67 Å². The van der Waals surface area contributed by atoms with Crippen LogP contribution in [0.3, 0.4) is 0 Å². The Bertz CT molecular complexity index is 126. The third-order valence-corrected chi connectivity index (χ3v) is 2.26. The first kappa shape index (κ1) is 12.8. The summed E-state index contributed by atoms with van der Waals surface area (Å²) >= 11 is 0. The van der Waals surface area contributed by atoms with Crippen molar-refractivity contribution >= 4 is 0 Å². The Kier molecular flexibility index (Phi) is 6.25. The lowest BCUT2D eigenvalue weighted by atomic mass is 9.93. The van der Waals surface area contributed by atoms with Crippen LogP contribution in [0, 0.1) is 5.41 Å². The summed E-state index contributed by atoms with van der Waals surface area (Å²) in [5.74, 6) is 0. The second kappa shape index (κ2) is 6.33. The summed E-state index contributed by atoms with van der Waals surface area (Å²) in [6, 6.07) is 0. The zero-order chi connectivity index (χ0) is 10.3. The fraction of sp³-hybridized carbons (Fsp3) is 1.00. The van der Waals surface area contributed by atoms with Crippen LogP contribution in [0.2, 0.25) is 0 Å². The van der Waals surface area contributed by atoms with Gasteiger partial charge in [-0.2, -0.15) is 0 Å². The van der Waals surface area contributed by atoms with Crippen LogP contribution < -0.4 is 5.73 Å². The highest BCUT2D eigenvalue weighted by molar-refractivity contribution is 4.74. The van der Waals surface area contributed by atoms with E-state index in [0.717, 1.165) is 19.6 Å². The summed E-state index contributed by atoms with van der Waals surface area (Å²) in [5, 5.41) is 0. The van der Waals surface area contributed by atoms with Crippen LogP contribution in [-0.2, 0) is 0 Å². The molecule has 0 aromatic heterocycles. The van der Waals surface area contributed by atoms with Crippen molar-refractivity contribution in [2.45, 2.75) is 27.2 Å². The molecule has 2 N–H and O–H groups in total. The van der Waals surface area contributed by atoms with Crippen molar-refractivity contribution in [2.75, 3.05) is 32.9 Å². The lowest BCUT2D eigenvalue weighted by molar-refractivity contribution is 0.184. The van der Waals surface area contributed by atoms with Gasteiger partial charge in [0.25, 0.3) is 0 Å². The molecule has 80 valence electrons. The monoisotopic (exact) mass is 190 g/mol. The van der Waals surface area contributed by atoms with Crippen LogP contribution in [0.15, 0.2) is 0 Å². The standard InChI is InChI=1S/C10H23FN2/c1-4-13(7-5-6-11)9-10(2,3)8-12/h4-9,12H2,1-3H3. The zero-order valence-corrected chi connectivity index (χ0v) is 9.15. The molecule has 0 rings (SSSR count). The van der Waals surface area contributed by atoms with Gasteiger partial charge in [-0.25, -0.2) is 0 Å². The van der Waals surface area contributed by atoms with Gasteiger partial charge in [0.1, 0.15) is 0 Å². The molecule has 0 aliphatic rings. The van der Waals surface area contributed by atoms with Crippen LogP contribution >= 0.6 is 0 Å². The Morgan fingerprint density at radius 3 is 2.38 bits per heavy atom. The number of hydrogen-bond acceptors (Lipinski definition) is 2. The van der Waals surface area contributed by atoms with E-state index < -0.39 is 0 Å². The highest BCUT2D eigenvalue weighted by atomic mass is 19.1. The first-order valence-corrected chi connectivity index (χ1v) is 5.04. The molecule has 0 heterocycles. The summed E-state index contributed by atoms with van der Waals surface area (Å²) in [4.78, 5) is 2.26. The molecular formula is C10H23FN2. The van der Waals surface area contributed by atoms with E-state index in [1.165, 1.54) is 0 Å². The van der Waals surface area contributed by atoms with Gasteiger partial charge >= 0.3 is 0 Å². The molecule has 0 bridgehead atoms. The van der Waals surface area contributed by atoms with E-state index in [0.29, 0.717) is 13.0 Å². The van der Waals surface area contributed by atoms with Gasteiger partial charge in [-0.05, 0) is 24.9 Å². The molecule has 2 nitrogen and oxygen atoms in total. The van der Waals surface area contributed by atoms with Crippen molar-refractivity contribution in [3.63, 3.8) is 0 Å². The molecule has 3 heteroatoms.